The molecule has 5 rings (SSSR count). The van der Waals surface area contributed by atoms with Crippen LogP contribution in [-0.4, -0.2) is 20.2 Å². The van der Waals surface area contributed by atoms with E-state index in [1.807, 2.05) is 60.0 Å². The van der Waals surface area contributed by atoms with Crippen LogP contribution in [0.2, 0.25) is 0 Å². The molecule has 0 unspecified atom stereocenters. The van der Waals surface area contributed by atoms with Crippen LogP contribution in [0.25, 0.3) is 10.8 Å². The first-order chi connectivity index (χ1) is 15.5. The minimum absolute atomic E-state index is 0.0550. The van der Waals surface area contributed by atoms with E-state index in [0.717, 1.165) is 40.4 Å². The van der Waals surface area contributed by atoms with Gasteiger partial charge < -0.3 is 15.6 Å². The van der Waals surface area contributed by atoms with Gasteiger partial charge in [0, 0.05) is 17.3 Å². The summed E-state index contributed by atoms with van der Waals surface area (Å²) < 4.78 is 1.91. The number of nitrogens with zero attached hydrogens (tertiary/aromatic N) is 3. The zero-order valence-corrected chi connectivity index (χ0v) is 17.8. The lowest BCUT2D eigenvalue weighted by molar-refractivity contribution is 0.672. The molecule has 7 heteroatoms. The Hall–Kier alpha value is -4.00. The number of fused-ring (bicyclic) bond motifs is 1. The third-order valence-corrected chi connectivity index (χ3v) is 5.91. The van der Waals surface area contributed by atoms with Crippen LogP contribution < -0.4 is 16.6 Å². The monoisotopic (exact) mass is 424 g/mol. The Morgan fingerprint density at radius 1 is 1.16 bits per heavy atom. The van der Waals surface area contributed by atoms with Crippen molar-refractivity contribution in [3.05, 3.63) is 93.7 Å². The lowest BCUT2D eigenvalue weighted by atomic mass is 10.0. The van der Waals surface area contributed by atoms with Gasteiger partial charge in [0.05, 0.1) is 23.2 Å². The minimum atomic E-state index is 0.0550. The van der Waals surface area contributed by atoms with Crippen LogP contribution in [-0.2, 0) is 6.54 Å². The summed E-state index contributed by atoms with van der Waals surface area (Å²) in [6.45, 7) is 2.37. The molecule has 160 valence electrons. The molecule has 1 fully saturated rings. The summed E-state index contributed by atoms with van der Waals surface area (Å²) in [5.41, 5.74) is 9.52. The first kappa shape index (κ1) is 19.9. The van der Waals surface area contributed by atoms with Gasteiger partial charge in [-0.15, -0.1) is 0 Å². The Labute approximate surface area is 185 Å². The Morgan fingerprint density at radius 3 is 2.69 bits per heavy atom. The highest BCUT2D eigenvalue weighted by molar-refractivity contribution is 6.16. The normalized spacial score (nSPS) is 13.3. The van der Waals surface area contributed by atoms with Crippen molar-refractivity contribution in [3.63, 3.8) is 0 Å². The van der Waals surface area contributed by atoms with E-state index >= 15 is 0 Å². The van der Waals surface area contributed by atoms with Gasteiger partial charge in [0.1, 0.15) is 18.0 Å². The van der Waals surface area contributed by atoms with E-state index in [-0.39, 0.29) is 23.1 Å². The van der Waals surface area contributed by atoms with E-state index in [1.54, 1.807) is 0 Å². The minimum Gasteiger partial charge on any atom is -0.383 e. The quantitative estimate of drug-likeness (QED) is 0.405. The highest BCUT2D eigenvalue weighted by Gasteiger charge is 2.28. The summed E-state index contributed by atoms with van der Waals surface area (Å²) in [6, 6.07) is 17.6. The van der Waals surface area contributed by atoms with Crippen LogP contribution in [0.1, 0.15) is 41.3 Å². The second kappa shape index (κ2) is 7.92. The molecule has 4 N–H and O–H groups in total. The summed E-state index contributed by atoms with van der Waals surface area (Å²) in [5.74, 6) is 0.718. The van der Waals surface area contributed by atoms with E-state index in [2.05, 4.69) is 21.4 Å². The van der Waals surface area contributed by atoms with Crippen LogP contribution in [0.3, 0.4) is 0 Å². The second-order valence-corrected chi connectivity index (χ2v) is 8.16. The highest BCUT2D eigenvalue weighted by atomic mass is 16.1. The van der Waals surface area contributed by atoms with Crippen LogP contribution in [0, 0.1) is 12.3 Å². The van der Waals surface area contributed by atoms with E-state index in [9.17, 15) is 4.79 Å². The standard InChI is InChI=1S/C25H24N6O/c1-15-6-5-9-17-12-19(31(18-10-11-18)25(32)20(15)17)13-28-24-21(23(27)29-14-30-24)22(26)16-7-3-2-4-8-16/h2-9,12,14,18,26H,10-11,13H2,1H3,(H3,27,28,29,30). The summed E-state index contributed by atoms with van der Waals surface area (Å²) in [5, 5.41) is 13.7. The maximum atomic E-state index is 13.3. The number of aromatic nitrogens is 3. The van der Waals surface area contributed by atoms with Gasteiger partial charge in [-0.2, -0.15) is 0 Å². The average molecular weight is 425 g/mol. The molecule has 0 aliphatic heterocycles. The number of nitrogens with two attached hydrogens (primary N) is 1. The van der Waals surface area contributed by atoms with Crippen LogP contribution >= 0.6 is 0 Å². The molecule has 0 radical (unpaired) electrons. The lowest BCUT2D eigenvalue weighted by Crippen LogP contribution is -2.25. The topological polar surface area (TPSA) is 110 Å². The van der Waals surface area contributed by atoms with Gasteiger partial charge in [-0.1, -0.05) is 48.5 Å². The number of nitrogen functional groups attached to an aromatic ring is 1. The van der Waals surface area contributed by atoms with Gasteiger partial charge in [-0.3, -0.25) is 10.2 Å². The molecule has 7 nitrogen and oxygen atoms in total. The van der Waals surface area contributed by atoms with E-state index in [4.69, 9.17) is 11.1 Å². The molecule has 1 aliphatic carbocycles. The average Bonchev–Trinajstić information content (AvgIpc) is 3.63. The number of benzene rings is 2. The number of nitrogens with one attached hydrogen (secondary N) is 2. The number of pyridine rings is 1. The Bertz CT molecular complexity index is 1390. The summed E-state index contributed by atoms with van der Waals surface area (Å²) in [7, 11) is 0. The second-order valence-electron chi connectivity index (χ2n) is 8.16. The molecule has 2 aromatic carbocycles. The molecule has 32 heavy (non-hydrogen) atoms. The van der Waals surface area contributed by atoms with Gasteiger partial charge in [0.15, 0.2) is 0 Å². The molecule has 0 bridgehead atoms. The van der Waals surface area contributed by atoms with E-state index < -0.39 is 0 Å². The van der Waals surface area contributed by atoms with Crippen molar-refractivity contribution in [1.82, 2.24) is 14.5 Å². The molecule has 0 amide bonds. The van der Waals surface area contributed by atoms with Crippen molar-refractivity contribution in [2.75, 3.05) is 11.1 Å². The van der Waals surface area contributed by atoms with Gasteiger partial charge in [0.2, 0.25) is 0 Å². The third-order valence-electron chi connectivity index (χ3n) is 5.91. The SMILES string of the molecule is Cc1cccc2cc(CNc3ncnc(N)c3C(=N)c3ccccc3)n(C3CC3)c(=O)c12. The van der Waals surface area contributed by atoms with E-state index in [1.165, 1.54) is 6.33 Å². The van der Waals surface area contributed by atoms with Crippen LogP contribution in [0.15, 0.2) is 65.7 Å². The molecule has 1 aliphatic rings. The fourth-order valence-electron chi connectivity index (χ4n) is 4.18. The molecule has 2 aromatic heterocycles. The fraction of sp³-hybridized carbons (Fsp3) is 0.200. The number of rotatable bonds is 6. The van der Waals surface area contributed by atoms with Crippen molar-refractivity contribution in [3.8, 4) is 0 Å². The van der Waals surface area contributed by atoms with Crippen molar-refractivity contribution < 1.29 is 0 Å². The smallest absolute Gasteiger partial charge is 0.259 e. The summed E-state index contributed by atoms with van der Waals surface area (Å²) >= 11 is 0. The van der Waals surface area contributed by atoms with Crippen molar-refractivity contribution >= 4 is 28.1 Å². The maximum Gasteiger partial charge on any atom is 0.259 e. The van der Waals surface area contributed by atoms with Gasteiger partial charge in [-0.25, -0.2) is 9.97 Å². The van der Waals surface area contributed by atoms with Crippen molar-refractivity contribution in [1.29, 1.82) is 5.41 Å². The number of anilines is 2. The Kier molecular flexibility index (Phi) is 4.93. The zero-order valence-electron chi connectivity index (χ0n) is 17.8. The first-order valence-corrected chi connectivity index (χ1v) is 10.7. The molecule has 4 aromatic rings. The van der Waals surface area contributed by atoms with Crippen LogP contribution in [0.4, 0.5) is 11.6 Å². The molecular formula is C25H24N6O. The number of hydrogen-bond donors (Lipinski definition) is 3. The third kappa shape index (κ3) is 3.51. The van der Waals surface area contributed by atoms with E-state index in [0.29, 0.717) is 17.9 Å². The summed E-state index contributed by atoms with van der Waals surface area (Å²) in [6.07, 6.45) is 3.40. The highest BCUT2D eigenvalue weighted by Crippen LogP contribution is 2.35. The molecule has 0 saturated heterocycles. The zero-order chi connectivity index (χ0) is 22.2. The van der Waals surface area contributed by atoms with Crippen LogP contribution in [0.5, 0.6) is 0 Å². The molecule has 2 heterocycles. The maximum absolute atomic E-state index is 13.3. The van der Waals surface area contributed by atoms with Gasteiger partial charge in [-0.05, 0) is 36.8 Å². The predicted octanol–water partition coefficient (Wildman–Crippen LogP) is 4.05. The number of aryl methyl sites for hydroxylation is 1. The molecule has 0 spiro atoms. The van der Waals surface area contributed by atoms with Gasteiger partial charge in [0.25, 0.3) is 5.56 Å². The molecule has 1 saturated carbocycles. The van der Waals surface area contributed by atoms with Gasteiger partial charge >= 0.3 is 0 Å². The van der Waals surface area contributed by atoms with Crippen molar-refractivity contribution in [2.45, 2.75) is 32.4 Å². The fourth-order valence-corrected chi connectivity index (χ4v) is 4.18. The molecular weight excluding hydrogens is 400 g/mol. The summed E-state index contributed by atoms with van der Waals surface area (Å²) in [4.78, 5) is 21.8. The first-order valence-electron chi connectivity index (χ1n) is 10.7. The Balaban J connectivity index is 1.54. The lowest BCUT2D eigenvalue weighted by Gasteiger charge is -2.17. The Morgan fingerprint density at radius 2 is 1.94 bits per heavy atom. The molecule has 0 atom stereocenters. The largest absolute Gasteiger partial charge is 0.383 e. The number of hydrogen-bond acceptors (Lipinski definition) is 6. The predicted molar refractivity (Wildman–Crippen MR) is 127 cm³/mol. The van der Waals surface area contributed by atoms with Crippen molar-refractivity contribution in [2.24, 2.45) is 0 Å².